The first-order chi connectivity index (χ1) is 14.8. The van der Waals surface area contributed by atoms with Crippen LogP contribution in [0.4, 0.5) is 0 Å². The summed E-state index contributed by atoms with van der Waals surface area (Å²) in [5.74, 6) is 0. The first-order valence-corrected chi connectivity index (χ1v) is 9.40. The maximum absolute atomic E-state index is 8.94. The topological polar surface area (TPSA) is 68.8 Å². The van der Waals surface area contributed by atoms with Crippen molar-refractivity contribution in [2.24, 2.45) is 0 Å². The van der Waals surface area contributed by atoms with Crippen molar-refractivity contribution in [2.45, 2.75) is 6.61 Å². The molecule has 0 unspecified atom stereocenters. The van der Waals surface area contributed by atoms with Gasteiger partial charge in [-0.3, -0.25) is 14.3 Å². The second kappa shape index (κ2) is 11.1. The molecule has 0 aliphatic heterocycles. The maximum atomic E-state index is 8.94. The minimum Gasteiger partial charge on any atom is -0.390 e. The van der Waals surface area contributed by atoms with Gasteiger partial charge < -0.3 is 5.11 Å². The van der Waals surface area contributed by atoms with E-state index in [-0.39, 0.29) is 26.7 Å². The van der Waals surface area contributed by atoms with Crippen molar-refractivity contribution < 1.29 is 25.2 Å². The second-order valence-electron chi connectivity index (χ2n) is 6.27. The molecule has 0 atom stereocenters. The monoisotopic (exact) mass is 586 g/mol. The van der Waals surface area contributed by atoms with Crippen LogP contribution in [0.1, 0.15) is 5.69 Å². The van der Waals surface area contributed by atoms with Crippen molar-refractivity contribution in [1.82, 2.24) is 24.5 Å². The molecule has 157 valence electrons. The van der Waals surface area contributed by atoms with Crippen LogP contribution in [0.5, 0.6) is 0 Å². The summed E-state index contributed by atoms with van der Waals surface area (Å²) in [5, 5.41) is 17.3. The third kappa shape index (κ3) is 5.83. The zero-order valence-corrected chi connectivity index (χ0v) is 18.9. The van der Waals surface area contributed by atoms with Crippen LogP contribution in [0.3, 0.4) is 0 Å². The molecule has 0 amide bonds. The minimum atomic E-state index is -0.0271. The molecular weight excluding hydrogens is 567 g/mol. The Morgan fingerprint density at radius 2 is 1.45 bits per heavy atom. The van der Waals surface area contributed by atoms with Gasteiger partial charge in [0.25, 0.3) is 0 Å². The Labute approximate surface area is 194 Å². The van der Waals surface area contributed by atoms with E-state index in [0.717, 1.165) is 22.6 Å². The smallest absolute Gasteiger partial charge is 0.0843 e. The fraction of sp³-hybridized carbons (Fsp3) is 0.0417. The first kappa shape index (κ1) is 22.3. The number of aliphatic hydroxyl groups is 1. The van der Waals surface area contributed by atoms with Crippen LogP contribution in [-0.4, -0.2) is 29.7 Å². The molecule has 6 nitrogen and oxygen atoms in total. The van der Waals surface area contributed by atoms with Gasteiger partial charge >= 0.3 is 0 Å². The van der Waals surface area contributed by atoms with Gasteiger partial charge in [-0.15, -0.1) is 54.1 Å². The normalized spacial score (nSPS) is 9.97. The van der Waals surface area contributed by atoms with Crippen molar-refractivity contribution in [3.8, 4) is 22.6 Å². The first-order valence-electron chi connectivity index (χ1n) is 9.40. The molecule has 0 saturated carbocycles. The van der Waals surface area contributed by atoms with Crippen molar-refractivity contribution in [3.63, 3.8) is 0 Å². The number of pyridine rings is 1. The predicted octanol–water partition coefficient (Wildman–Crippen LogP) is 3.90. The molecule has 5 rings (SSSR count). The largest absolute Gasteiger partial charge is 0.390 e. The van der Waals surface area contributed by atoms with Gasteiger partial charge in [0.2, 0.25) is 0 Å². The minimum absolute atomic E-state index is 0. The van der Waals surface area contributed by atoms with Gasteiger partial charge in [-0.2, -0.15) is 16.3 Å². The SMILES string of the molecule is OCc1cccc(-c2[c-]cccc2)n1.[Ir].[c-]1c(-n2cccn2)cccc1-n1cccn1. The van der Waals surface area contributed by atoms with Gasteiger partial charge in [0.1, 0.15) is 0 Å². The molecule has 0 saturated heterocycles. The van der Waals surface area contributed by atoms with Crippen molar-refractivity contribution in [2.75, 3.05) is 0 Å². The number of nitrogens with zero attached hydrogens (tertiary/aromatic N) is 5. The number of benzene rings is 2. The molecule has 2 aromatic carbocycles. The van der Waals surface area contributed by atoms with E-state index in [2.05, 4.69) is 27.3 Å². The van der Waals surface area contributed by atoms with E-state index < -0.39 is 0 Å². The molecule has 3 aromatic heterocycles. The van der Waals surface area contributed by atoms with E-state index in [1.165, 1.54) is 0 Å². The molecular formula is C24H19IrN5O-2. The number of hydrogen-bond donors (Lipinski definition) is 1. The van der Waals surface area contributed by atoms with E-state index in [1.807, 2.05) is 79.1 Å². The van der Waals surface area contributed by atoms with E-state index in [4.69, 9.17) is 5.11 Å². The number of hydrogen-bond acceptors (Lipinski definition) is 4. The molecule has 5 aromatic rings. The molecule has 0 spiro atoms. The molecule has 3 heterocycles. The number of aromatic nitrogens is 5. The molecule has 0 aliphatic rings. The third-order valence-corrected chi connectivity index (χ3v) is 4.22. The average molecular weight is 586 g/mol. The Bertz CT molecular complexity index is 1130. The molecule has 1 radical (unpaired) electrons. The van der Waals surface area contributed by atoms with Gasteiger partial charge in [-0.1, -0.05) is 12.1 Å². The third-order valence-electron chi connectivity index (χ3n) is 4.22. The van der Waals surface area contributed by atoms with Gasteiger partial charge in [-0.05, 0) is 35.3 Å². The summed E-state index contributed by atoms with van der Waals surface area (Å²) in [6.07, 6.45) is 7.26. The predicted molar refractivity (Wildman–Crippen MR) is 114 cm³/mol. The van der Waals surface area contributed by atoms with Crippen LogP contribution < -0.4 is 0 Å². The Hall–Kier alpha value is -3.38. The Morgan fingerprint density at radius 3 is 2.00 bits per heavy atom. The van der Waals surface area contributed by atoms with Crippen LogP contribution in [0.2, 0.25) is 0 Å². The maximum Gasteiger partial charge on any atom is 0.0843 e. The second-order valence-corrected chi connectivity index (χ2v) is 6.27. The van der Waals surface area contributed by atoms with Gasteiger partial charge in [0.05, 0.1) is 12.3 Å². The number of rotatable bonds is 4. The fourth-order valence-corrected chi connectivity index (χ4v) is 2.81. The summed E-state index contributed by atoms with van der Waals surface area (Å²) in [6, 6.07) is 29.2. The van der Waals surface area contributed by atoms with Crippen LogP contribution in [0, 0.1) is 12.1 Å². The summed E-state index contributed by atoms with van der Waals surface area (Å²) in [7, 11) is 0. The summed E-state index contributed by atoms with van der Waals surface area (Å²) in [5.41, 5.74) is 4.27. The van der Waals surface area contributed by atoms with Gasteiger partial charge in [0, 0.05) is 44.9 Å². The van der Waals surface area contributed by atoms with Crippen molar-refractivity contribution >= 4 is 0 Å². The zero-order valence-electron chi connectivity index (χ0n) is 16.5. The standard InChI is InChI=1S/C12H9N4.C12H10NO.Ir/c1-4-11(15-8-2-6-13-15)10-12(5-1)16-9-3-7-14-16;14-9-11-7-4-8-12(13-11)10-5-2-1-3-6-10;/h1-9H;1-5,7-8,14H,9H2;/q2*-1;. The Kier molecular flexibility index (Phi) is 8.01. The fourth-order valence-electron chi connectivity index (χ4n) is 2.81. The van der Waals surface area contributed by atoms with Gasteiger partial charge in [-0.25, -0.2) is 0 Å². The van der Waals surface area contributed by atoms with Gasteiger partial charge in [0.15, 0.2) is 0 Å². The number of aliphatic hydroxyl groups excluding tert-OH is 1. The molecule has 0 aliphatic carbocycles. The van der Waals surface area contributed by atoms with E-state index >= 15 is 0 Å². The van der Waals surface area contributed by atoms with E-state index in [9.17, 15) is 0 Å². The van der Waals surface area contributed by atoms with Crippen molar-refractivity contribution in [3.05, 3.63) is 115 Å². The molecule has 1 N–H and O–H groups in total. The van der Waals surface area contributed by atoms with Crippen LogP contribution >= 0.6 is 0 Å². The Balaban J connectivity index is 0.000000172. The molecule has 0 fully saturated rings. The van der Waals surface area contributed by atoms with E-state index in [0.29, 0.717) is 5.69 Å². The van der Waals surface area contributed by atoms with E-state index in [1.54, 1.807) is 27.8 Å². The summed E-state index contributed by atoms with van der Waals surface area (Å²) in [6.45, 7) is -0.0271. The van der Waals surface area contributed by atoms with Crippen LogP contribution in [-0.2, 0) is 26.7 Å². The molecule has 31 heavy (non-hydrogen) atoms. The quantitative estimate of drug-likeness (QED) is 0.325. The van der Waals surface area contributed by atoms with Crippen LogP contribution in [0.25, 0.3) is 22.6 Å². The van der Waals surface area contributed by atoms with Crippen LogP contribution in [0.15, 0.2) is 97.6 Å². The van der Waals surface area contributed by atoms with Crippen molar-refractivity contribution in [1.29, 1.82) is 0 Å². The Morgan fingerprint density at radius 1 is 0.774 bits per heavy atom. The molecule has 0 bridgehead atoms. The zero-order chi connectivity index (χ0) is 20.6. The summed E-state index contributed by atoms with van der Waals surface area (Å²) >= 11 is 0. The average Bonchev–Trinajstić information content (AvgIpc) is 3.55. The summed E-state index contributed by atoms with van der Waals surface area (Å²) < 4.78 is 3.54. The summed E-state index contributed by atoms with van der Waals surface area (Å²) in [4.78, 5) is 4.28. The molecule has 7 heteroatoms.